The Kier molecular flexibility index (Phi) is 6.72. The molecule has 1 amide bonds. The summed E-state index contributed by atoms with van der Waals surface area (Å²) in [5, 5.41) is 2.93. The van der Waals surface area contributed by atoms with E-state index in [4.69, 9.17) is 9.47 Å². The summed E-state index contributed by atoms with van der Waals surface area (Å²) in [6.07, 6.45) is 1.78. The third-order valence-electron chi connectivity index (χ3n) is 4.72. The number of carbonyl (C=O) groups excluding carboxylic acids is 1. The lowest BCUT2D eigenvalue weighted by Crippen LogP contribution is -2.11. The molecular weight excluding hydrogens is 390 g/mol. The van der Waals surface area contributed by atoms with Gasteiger partial charge in [-0.25, -0.2) is 4.98 Å². The normalized spacial score (nSPS) is 10.1. The maximum absolute atomic E-state index is 12.5. The predicted molar refractivity (Wildman–Crippen MR) is 124 cm³/mol. The van der Waals surface area contributed by atoms with Gasteiger partial charge in [-0.15, -0.1) is 0 Å². The average molecular weight is 415 g/mol. The van der Waals surface area contributed by atoms with Gasteiger partial charge in [0.15, 0.2) is 0 Å². The number of ether oxygens (including phenoxy) is 2. The maximum Gasteiger partial charge on any atom is 0.255 e. The van der Waals surface area contributed by atoms with Crippen molar-refractivity contribution in [2.75, 3.05) is 19.5 Å². The number of nitrogens with one attached hydrogen (secondary N) is 2. The van der Waals surface area contributed by atoms with Gasteiger partial charge in [0.05, 0.1) is 26.1 Å². The van der Waals surface area contributed by atoms with Crippen LogP contribution in [0.5, 0.6) is 11.5 Å². The second-order valence-electron chi connectivity index (χ2n) is 6.64. The van der Waals surface area contributed by atoms with Crippen molar-refractivity contribution < 1.29 is 14.3 Å². The molecule has 0 bridgehead atoms. The van der Waals surface area contributed by atoms with Gasteiger partial charge in [0.2, 0.25) is 0 Å². The molecule has 0 saturated carbocycles. The highest BCUT2D eigenvalue weighted by Crippen LogP contribution is 2.26. The number of methoxy groups -OCH3 is 2. The van der Waals surface area contributed by atoms with Gasteiger partial charge in [-0.2, -0.15) is 0 Å². The van der Waals surface area contributed by atoms with Crippen LogP contribution in [0.1, 0.15) is 17.8 Å². The number of aromatic nitrogens is 2. The Morgan fingerprint density at radius 3 is 2.16 bits per heavy atom. The van der Waals surface area contributed by atoms with E-state index in [0.717, 1.165) is 28.4 Å². The van der Waals surface area contributed by atoms with Crippen LogP contribution in [0.15, 0.2) is 79.0 Å². The van der Waals surface area contributed by atoms with Crippen molar-refractivity contribution in [1.82, 2.24) is 9.97 Å². The number of rotatable bonds is 6. The van der Waals surface area contributed by atoms with Gasteiger partial charge in [-0.3, -0.25) is 4.79 Å². The monoisotopic (exact) mass is 415 g/mol. The standard InChI is InChI=1S/C24H21N3O3.CH4/c1-29-20-10-6-16(7-11-20)23-25-15-22(27-23)18-4-3-5-19(14-18)26-24(28)17-8-12-21(30-2)13-9-17;/h3-15H,1-2H3,(H,25,27)(H,26,28);1H4. The van der Waals surface area contributed by atoms with E-state index in [1.54, 1.807) is 44.7 Å². The number of carbonyl (C=O) groups is 1. The molecule has 0 aliphatic heterocycles. The molecule has 3 aromatic carbocycles. The zero-order valence-corrected chi connectivity index (χ0v) is 16.7. The van der Waals surface area contributed by atoms with Gasteiger partial charge in [-0.1, -0.05) is 19.6 Å². The second-order valence-corrected chi connectivity index (χ2v) is 6.64. The highest BCUT2D eigenvalue weighted by Gasteiger charge is 2.09. The van der Waals surface area contributed by atoms with Crippen molar-refractivity contribution in [3.05, 3.63) is 84.6 Å². The van der Waals surface area contributed by atoms with E-state index in [1.807, 2.05) is 48.5 Å². The molecule has 0 spiro atoms. The number of hydrogen-bond donors (Lipinski definition) is 2. The number of benzene rings is 3. The molecule has 2 N–H and O–H groups in total. The fraction of sp³-hybridized carbons (Fsp3) is 0.120. The Morgan fingerprint density at radius 1 is 0.871 bits per heavy atom. The molecule has 4 rings (SSSR count). The molecule has 6 heteroatoms. The summed E-state index contributed by atoms with van der Waals surface area (Å²) >= 11 is 0. The van der Waals surface area contributed by atoms with E-state index in [9.17, 15) is 4.79 Å². The highest BCUT2D eigenvalue weighted by molar-refractivity contribution is 6.04. The van der Waals surface area contributed by atoms with Crippen LogP contribution in [0.3, 0.4) is 0 Å². The van der Waals surface area contributed by atoms with Gasteiger partial charge < -0.3 is 19.8 Å². The summed E-state index contributed by atoms with van der Waals surface area (Å²) in [4.78, 5) is 20.3. The molecule has 0 aliphatic carbocycles. The summed E-state index contributed by atoms with van der Waals surface area (Å²) in [6.45, 7) is 0. The van der Waals surface area contributed by atoms with E-state index in [0.29, 0.717) is 17.0 Å². The smallest absolute Gasteiger partial charge is 0.255 e. The van der Waals surface area contributed by atoms with Crippen LogP contribution in [0.4, 0.5) is 5.69 Å². The predicted octanol–water partition coefficient (Wildman–Crippen LogP) is 5.65. The number of aromatic amines is 1. The summed E-state index contributed by atoms with van der Waals surface area (Å²) in [5.74, 6) is 2.09. The van der Waals surface area contributed by atoms with Gasteiger partial charge in [0.1, 0.15) is 17.3 Å². The minimum Gasteiger partial charge on any atom is -0.497 e. The molecule has 6 nitrogen and oxygen atoms in total. The first kappa shape index (κ1) is 21.6. The molecule has 0 unspecified atom stereocenters. The summed E-state index contributed by atoms with van der Waals surface area (Å²) < 4.78 is 10.3. The molecule has 0 radical (unpaired) electrons. The van der Waals surface area contributed by atoms with E-state index < -0.39 is 0 Å². The van der Waals surface area contributed by atoms with Gasteiger partial charge in [0, 0.05) is 22.4 Å². The largest absolute Gasteiger partial charge is 0.497 e. The van der Waals surface area contributed by atoms with Crippen molar-refractivity contribution in [3.63, 3.8) is 0 Å². The fourth-order valence-corrected chi connectivity index (χ4v) is 3.07. The van der Waals surface area contributed by atoms with Gasteiger partial charge in [-0.05, 0) is 60.7 Å². The van der Waals surface area contributed by atoms with Crippen LogP contribution < -0.4 is 14.8 Å². The highest BCUT2D eigenvalue weighted by atomic mass is 16.5. The Bertz CT molecular complexity index is 1150. The third kappa shape index (κ3) is 4.93. The molecule has 0 fully saturated rings. The van der Waals surface area contributed by atoms with Crippen LogP contribution in [0, 0.1) is 0 Å². The lowest BCUT2D eigenvalue weighted by molar-refractivity contribution is 0.102. The van der Waals surface area contributed by atoms with Crippen molar-refractivity contribution in [2.24, 2.45) is 0 Å². The van der Waals surface area contributed by atoms with Crippen LogP contribution in [-0.4, -0.2) is 30.1 Å². The molecule has 4 aromatic rings. The molecule has 158 valence electrons. The van der Waals surface area contributed by atoms with Crippen molar-refractivity contribution in [3.8, 4) is 34.1 Å². The van der Waals surface area contributed by atoms with Gasteiger partial charge >= 0.3 is 0 Å². The quantitative estimate of drug-likeness (QED) is 0.427. The maximum atomic E-state index is 12.5. The zero-order chi connectivity index (χ0) is 20.9. The van der Waals surface area contributed by atoms with Crippen molar-refractivity contribution in [2.45, 2.75) is 7.43 Å². The Morgan fingerprint density at radius 2 is 1.52 bits per heavy atom. The minimum atomic E-state index is -0.182. The molecule has 1 heterocycles. The van der Waals surface area contributed by atoms with Crippen molar-refractivity contribution in [1.29, 1.82) is 0 Å². The van der Waals surface area contributed by atoms with E-state index in [-0.39, 0.29) is 13.3 Å². The molecule has 0 atom stereocenters. The van der Waals surface area contributed by atoms with Crippen LogP contribution >= 0.6 is 0 Å². The summed E-state index contributed by atoms with van der Waals surface area (Å²) in [6, 6.07) is 22.3. The minimum absolute atomic E-state index is 0. The Hall–Kier alpha value is -4.06. The molecule has 0 aliphatic rings. The molecular formula is C25H25N3O3. The van der Waals surface area contributed by atoms with E-state index in [2.05, 4.69) is 15.3 Å². The zero-order valence-electron chi connectivity index (χ0n) is 16.7. The number of hydrogen-bond acceptors (Lipinski definition) is 4. The van der Waals surface area contributed by atoms with Crippen molar-refractivity contribution >= 4 is 11.6 Å². The number of nitrogens with zero attached hydrogens (tertiary/aromatic N) is 1. The first-order chi connectivity index (χ1) is 14.7. The summed E-state index contributed by atoms with van der Waals surface area (Å²) in [5.41, 5.74) is 4.01. The Balaban J connectivity index is 0.00000272. The summed E-state index contributed by atoms with van der Waals surface area (Å²) in [7, 11) is 3.23. The first-order valence-corrected chi connectivity index (χ1v) is 9.41. The number of anilines is 1. The lowest BCUT2D eigenvalue weighted by Gasteiger charge is -2.07. The van der Waals surface area contributed by atoms with Crippen LogP contribution in [0.2, 0.25) is 0 Å². The van der Waals surface area contributed by atoms with E-state index in [1.165, 1.54) is 0 Å². The van der Waals surface area contributed by atoms with E-state index >= 15 is 0 Å². The molecule has 0 saturated heterocycles. The topological polar surface area (TPSA) is 76.2 Å². The average Bonchev–Trinajstić information content (AvgIpc) is 3.30. The van der Waals surface area contributed by atoms with Gasteiger partial charge in [0.25, 0.3) is 5.91 Å². The van der Waals surface area contributed by atoms with Crippen LogP contribution in [0.25, 0.3) is 22.6 Å². The number of H-pyrrole nitrogens is 1. The molecule has 1 aromatic heterocycles. The first-order valence-electron chi connectivity index (χ1n) is 9.41. The van der Waals surface area contributed by atoms with Crippen LogP contribution in [-0.2, 0) is 0 Å². The number of imidazole rings is 1. The third-order valence-corrected chi connectivity index (χ3v) is 4.72. The number of amides is 1. The molecule has 31 heavy (non-hydrogen) atoms. The lowest BCUT2D eigenvalue weighted by atomic mass is 10.1. The fourth-order valence-electron chi connectivity index (χ4n) is 3.07. The SMILES string of the molecule is C.COc1ccc(C(=O)Nc2cccc(-c3cnc(-c4ccc(OC)cc4)[nH]3)c2)cc1. The Labute approximate surface area is 181 Å². The second kappa shape index (κ2) is 9.63.